The molecule has 12 saturated carbocycles. The van der Waals surface area contributed by atoms with Crippen molar-refractivity contribution in [2.45, 2.75) is 208 Å². The molecule has 25 nitrogen and oxygen atoms in total. The molecule has 14 aliphatic rings. The van der Waals surface area contributed by atoms with E-state index in [1.165, 1.54) is 125 Å². The number of carboxylic acid groups (broad SMARTS) is 1. The molecule has 16 rings (SSSR count). The fraction of sp³-hybridized carbons (Fsp3) is 0.773. The Kier molecular flexibility index (Phi) is 37.7. The summed E-state index contributed by atoms with van der Waals surface area (Å²) in [5, 5.41) is 29.6. The number of nitrogens with one attached hydrogen (secondary N) is 1. The van der Waals surface area contributed by atoms with Crippen LogP contribution in [0.15, 0.2) is 36.4 Å². The van der Waals surface area contributed by atoms with Crippen molar-refractivity contribution in [1.82, 2.24) is 15.1 Å². The van der Waals surface area contributed by atoms with Crippen LogP contribution in [0.2, 0.25) is 0 Å². The molecule has 3 amide bonds. The maximum Gasteiger partial charge on any atom is 0.417 e. The first kappa shape index (κ1) is 98.8. The number of benzene rings is 2. The Labute approximate surface area is 733 Å². The summed E-state index contributed by atoms with van der Waals surface area (Å²) < 4.78 is 149. The third-order valence-electron chi connectivity index (χ3n) is 25.6. The van der Waals surface area contributed by atoms with E-state index in [2.05, 4.69) is 21.2 Å². The molecule has 0 unspecified atom stereocenters. The number of carboxylic acids is 1. The standard InChI is InChI=1S/C39H55F3N4O8S.C22H41NO6.C17H16F3N3O3S.C10H15Br/c1-37(2)35(48)46(32-6-5-31(27-43)33(23-32)39(40,41)42)36(55)45(37)8-3-4-34(47)44-7-9-49-10-11-50-12-13-51-14-15-52-16-17-53-18-19-54-38-24-28-20-29(25-38)22-30(21-28)26-38;23-1-2-24-3-4-25-5-6-26-7-8-27-9-10-28-11-12-29-22-16-19-13-20(17-22)15-21(14-19)18-22;1-16(2)14(26)23(15(27)22(16)7-3-4-13(24)25)11-6-5-10(9-21)12(8-11)17(18,19)20;11-10-4-7-1-8(5-10)3-9(2-7)6-10/h5-6,23,28-30H,3-4,7-22,24-26H2,1-2H3,(H,44,47);19-21H,1-18,23H2;5-6,8H,3-4,7H2,1-2H3,(H,24,25);7-9H,1-6H2. The number of alkyl halides is 7. The first-order chi connectivity index (χ1) is 58.3. The maximum atomic E-state index is 13.5. The quantitative estimate of drug-likeness (QED) is 0.0240. The zero-order valence-corrected chi connectivity index (χ0v) is 74.5. The van der Waals surface area contributed by atoms with E-state index >= 15 is 0 Å². The number of carbonyl (C=O) groups is 4. The summed E-state index contributed by atoms with van der Waals surface area (Å²) in [4.78, 5) is 54.2. The van der Waals surface area contributed by atoms with Crippen LogP contribution in [0, 0.1) is 75.9 Å². The monoisotopic (exact) mass is 1820 g/mol. The van der Waals surface area contributed by atoms with Crippen LogP contribution < -0.4 is 20.9 Å². The third kappa shape index (κ3) is 28.3. The second-order valence-electron chi connectivity index (χ2n) is 35.8. The normalized spacial score (nSPS) is 27.2. The van der Waals surface area contributed by atoms with Crippen LogP contribution in [-0.4, -0.2) is 247 Å². The van der Waals surface area contributed by atoms with Crippen LogP contribution in [0.5, 0.6) is 0 Å². The van der Waals surface area contributed by atoms with E-state index in [9.17, 15) is 45.5 Å². The van der Waals surface area contributed by atoms with Crippen molar-refractivity contribution in [3.63, 3.8) is 0 Å². The van der Waals surface area contributed by atoms with Gasteiger partial charge in [0.25, 0.3) is 11.8 Å². The van der Waals surface area contributed by atoms with Gasteiger partial charge in [0.2, 0.25) is 5.91 Å². The molecule has 2 saturated heterocycles. The molecule has 682 valence electrons. The van der Waals surface area contributed by atoms with Crippen molar-refractivity contribution in [2.24, 2.45) is 59.0 Å². The number of nitriles is 2. The summed E-state index contributed by atoms with van der Waals surface area (Å²) in [5.41, 5.74) is -0.199. The van der Waals surface area contributed by atoms with Crippen molar-refractivity contribution in [2.75, 3.05) is 181 Å². The zero-order valence-electron chi connectivity index (χ0n) is 71.3. The number of anilines is 2. The molecule has 2 aliphatic heterocycles. The number of thiocarbonyl (C=S) groups is 2. The molecular formula is C88H127BrF6N8O17S2. The predicted molar refractivity (Wildman–Crippen MR) is 454 cm³/mol. The fourth-order valence-corrected chi connectivity index (χ4v) is 23.5. The predicted octanol–water partition coefficient (Wildman–Crippen LogP) is 13.8. The Hall–Kier alpha value is -5.38. The van der Waals surface area contributed by atoms with Crippen LogP contribution in [0.3, 0.4) is 0 Å². The van der Waals surface area contributed by atoms with Crippen molar-refractivity contribution < 1.29 is 107 Å². The largest absolute Gasteiger partial charge is 0.481 e. The first-order valence-corrected chi connectivity index (χ1v) is 45.4. The highest BCUT2D eigenvalue weighted by atomic mass is 79.9. The number of halogens is 7. The lowest BCUT2D eigenvalue weighted by atomic mass is 9.54. The summed E-state index contributed by atoms with van der Waals surface area (Å²) in [6, 6.07) is 9.01. The van der Waals surface area contributed by atoms with E-state index in [1.807, 2.05) is 0 Å². The van der Waals surface area contributed by atoms with Gasteiger partial charge < -0.3 is 82.8 Å². The molecule has 12 bridgehead atoms. The lowest BCUT2D eigenvalue weighted by Gasteiger charge is -2.56. The molecule has 0 spiro atoms. The summed E-state index contributed by atoms with van der Waals surface area (Å²) in [7, 11) is 0. The van der Waals surface area contributed by atoms with Gasteiger partial charge in [0.15, 0.2) is 10.2 Å². The highest BCUT2D eigenvalue weighted by Gasteiger charge is 2.56. The Morgan fingerprint density at radius 3 is 1.02 bits per heavy atom. The second kappa shape index (κ2) is 46.6. The third-order valence-corrected chi connectivity index (χ3v) is 27.4. The van der Waals surface area contributed by atoms with Crippen LogP contribution in [0.1, 0.15) is 191 Å². The smallest absolute Gasteiger partial charge is 0.417 e. The van der Waals surface area contributed by atoms with Gasteiger partial charge in [-0.05, 0) is 270 Å². The molecule has 2 aromatic carbocycles. The number of hydrogen-bond donors (Lipinski definition) is 3. The number of amides is 3. The highest BCUT2D eigenvalue weighted by Crippen LogP contribution is 2.60. The fourth-order valence-electron chi connectivity index (χ4n) is 21.1. The minimum atomic E-state index is -4.78. The number of hydrogen-bond acceptors (Lipinski definition) is 21. The Balaban J connectivity index is 0.000000194. The number of aliphatic carboxylic acids is 1. The van der Waals surface area contributed by atoms with Gasteiger partial charge in [-0.25, -0.2) is 0 Å². The molecule has 122 heavy (non-hydrogen) atoms. The molecule has 0 aromatic heterocycles. The number of nitrogens with two attached hydrogens (primary N) is 1. The highest BCUT2D eigenvalue weighted by molar-refractivity contribution is 9.10. The van der Waals surface area contributed by atoms with Crippen LogP contribution in [0.25, 0.3) is 0 Å². The molecule has 4 N–H and O–H groups in total. The summed E-state index contributed by atoms with van der Waals surface area (Å²) in [6.45, 7) is 19.4. The summed E-state index contributed by atoms with van der Waals surface area (Å²) >= 11 is 14.7. The Morgan fingerprint density at radius 2 is 0.746 bits per heavy atom. The molecule has 12 aliphatic carbocycles. The molecule has 0 atom stereocenters. The molecule has 0 radical (unpaired) electrons. The minimum Gasteiger partial charge on any atom is -0.481 e. The van der Waals surface area contributed by atoms with Gasteiger partial charge in [-0.3, -0.25) is 29.0 Å². The van der Waals surface area contributed by atoms with E-state index in [1.54, 1.807) is 51.9 Å². The molecule has 2 heterocycles. The SMILES string of the molecule is BrC12CC3CC(CC(C3)C1)C2.CC1(C)C(=O)N(c2ccc(C#N)c(C(F)(F)F)c2)C(=S)N1CCCC(=O)NCCOCCOCCOCCOCCOCCOC12CC3CC(CC(C3)C1)C2.CC1(C)C(=O)N(c2ccc(C#N)c(C(F)(F)F)c2)C(=S)N1CCCC(=O)O.NCCOCCOCCOCCOCCOCCOC12CC3CC(CC(C3)C1)C2. The van der Waals surface area contributed by atoms with Gasteiger partial charge in [-0.1, -0.05) is 15.9 Å². The maximum absolute atomic E-state index is 13.5. The van der Waals surface area contributed by atoms with Crippen molar-refractivity contribution >= 4 is 85.7 Å². The lowest BCUT2D eigenvalue weighted by Crippen LogP contribution is -2.52. The summed E-state index contributed by atoms with van der Waals surface area (Å²) in [5.74, 6) is 6.50. The summed E-state index contributed by atoms with van der Waals surface area (Å²) in [6.07, 6.45) is 16.4. The molecular weight excluding hydrogens is 1700 g/mol. The number of carbonyl (C=O) groups excluding carboxylic acids is 3. The van der Waals surface area contributed by atoms with Crippen LogP contribution in [0.4, 0.5) is 37.7 Å². The van der Waals surface area contributed by atoms with E-state index in [0.717, 1.165) is 87.3 Å². The van der Waals surface area contributed by atoms with Gasteiger partial charge in [0.1, 0.15) is 11.1 Å². The van der Waals surface area contributed by atoms with Gasteiger partial charge >= 0.3 is 18.3 Å². The second-order valence-corrected chi connectivity index (χ2v) is 38.2. The van der Waals surface area contributed by atoms with Gasteiger partial charge in [0.05, 0.1) is 202 Å². The zero-order chi connectivity index (χ0) is 87.7. The van der Waals surface area contributed by atoms with Crippen molar-refractivity contribution in [3.05, 3.63) is 58.7 Å². The van der Waals surface area contributed by atoms with Crippen molar-refractivity contribution in [1.29, 1.82) is 10.5 Å². The Bertz CT molecular complexity index is 3730. The van der Waals surface area contributed by atoms with Crippen LogP contribution in [-0.2, 0) is 88.4 Å². The first-order valence-electron chi connectivity index (χ1n) is 43.7. The molecule has 34 heteroatoms. The average molecular weight is 1830 g/mol. The van der Waals surface area contributed by atoms with Gasteiger partial charge in [-0.2, -0.15) is 36.9 Å². The molecule has 14 fully saturated rings. The van der Waals surface area contributed by atoms with Crippen LogP contribution >= 0.6 is 40.4 Å². The van der Waals surface area contributed by atoms with E-state index in [-0.39, 0.29) is 71.1 Å². The Morgan fingerprint density at radius 1 is 0.467 bits per heavy atom. The number of ether oxygens (including phenoxy) is 12. The molecule has 2 aromatic rings. The number of nitrogens with zero attached hydrogens (tertiary/aromatic N) is 6. The van der Waals surface area contributed by atoms with E-state index in [4.69, 9.17) is 103 Å². The van der Waals surface area contributed by atoms with E-state index < -0.39 is 63.5 Å². The number of rotatable bonds is 47. The lowest BCUT2D eigenvalue weighted by molar-refractivity contribution is -0.169. The van der Waals surface area contributed by atoms with Gasteiger partial charge in [0, 0.05) is 43.3 Å². The topological polar surface area (TPSA) is 298 Å². The van der Waals surface area contributed by atoms with E-state index in [0.29, 0.717) is 169 Å². The average Bonchev–Trinajstić information content (AvgIpc) is 1.41. The minimum absolute atomic E-state index is 0.00628. The van der Waals surface area contributed by atoms with Crippen molar-refractivity contribution in [3.8, 4) is 12.1 Å². The van der Waals surface area contributed by atoms with Gasteiger partial charge in [-0.15, -0.1) is 0 Å².